The first-order chi connectivity index (χ1) is 9.79. The van der Waals surface area contributed by atoms with Gasteiger partial charge in [0.25, 0.3) is 0 Å². The largest absolute Gasteiger partial charge is 0.478 e. The van der Waals surface area contributed by atoms with Gasteiger partial charge in [0.05, 0.1) is 5.56 Å². The number of hydrogen-bond donors (Lipinski definition) is 1. The Morgan fingerprint density at radius 3 is 2.43 bits per heavy atom. The highest BCUT2D eigenvalue weighted by Gasteiger charge is 2.30. The number of hydrogen-bond acceptors (Lipinski definition) is 2. The number of alkyl halides is 3. The standard InChI is InChI=1S/C14H8BrF3O3/c15-10-5-2-6-11(12(10)13(19)20)21-9-4-1-3-8(7-9)14(16,17)18/h1-7H,(H,19,20). The van der Waals surface area contributed by atoms with Crippen molar-refractivity contribution in [3.05, 3.63) is 58.1 Å². The van der Waals surface area contributed by atoms with Gasteiger partial charge in [-0.2, -0.15) is 13.2 Å². The van der Waals surface area contributed by atoms with Gasteiger partial charge in [-0.25, -0.2) is 4.79 Å². The highest BCUT2D eigenvalue weighted by atomic mass is 79.9. The smallest absolute Gasteiger partial charge is 0.416 e. The third-order valence-corrected chi connectivity index (χ3v) is 3.24. The Kier molecular flexibility index (Phi) is 4.22. The maximum Gasteiger partial charge on any atom is 0.416 e. The fraction of sp³-hybridized carbons (Fsp3) is 0.0714. The summed E-state index contributed by atoms with van der Waals surface area (Å²) < 4.78 is 43.4. The molecule has 0 saturated carbocycles. The molecule has 7 heteroatoms. The Labute approximate surface area is 126 Å². The Morgan fingerprint density at radius 2 is 1.81 bits per heavy atom. The van der Waals surface area contributed by atoms with Crippen molar-refractivity contribution in [3.63, 3.8) is 0 Å². The normalized spacial score (nSPS) is 11.2. The maximum absolute atomic E-state index is 12.6. The van der Waals surface area contributed by atoms with Gasteiger partial charge in [-0.3, -0.25) is 0 Å². The highest BCUT2D eigenvalue weighted by Crippen LogP contribution is 2.34. The number of rotatable bonds is 3. The van der Waals surface area contributed by atoms with Crippen LogP contribution in [0.4, 0.5) is 13.2 Å². The second kappa shape index (κ2) is 5.77. The molecule has 0 amide bonds. The molecule has 0 fully saturated rings. The molecule has 1 N–H and O–H groups in total. The first kappa shape index (κ1) is 15.4. The zero-order chi connectivity index (χ0) is 15.6. The van der Waals surface area contributed by atoms with Crippen molar-refractivity contribution in [1.82, 2.24) is 0 Å². The van der Waals surface area contributed by atoms with Crippen LogP contribution in [0, 0.1) is 0 Å². The lowest BCUT2D eigenvalue weighted by Gasteiger charge is -2.12. The third kappa shape index (κ3) is 3.55. The first-order valence-corrected chi connectivity index (χ1v) is 6.45. The van der Waals surface area contributed by atoms with Crippen LogP contribution in [0.2, 0.25) is 0 Å². The van der Waals surface area contributed by atoms with Crippen LogP contribution >= 0.6 is 15.9 Å². The number of halogens is 4. The van der Waals surface area contributed by atoms with Crippen LogP contribution in [0.5, 0.6) is 11.5 Å². The van der Waals surface area contributed by atoms with Gasteiger partial charge in [0.15, 0.2) is 0 Å². The van der Waals surface area contributed by atoms with Crippen molar-refractivity contribution in [2.45, 2.75) is 6.18 Å². The quantitative estimate of drug-likeness (QED) is 0.841. The summed E-state index contributed by atoms with van der Waals surface area (Å²) in [6, 6.07) is 8.63. The van der Waals surface area contributed by atoms with Crippen molar-refractivity contribution in [2.75, 3.05) is 0 Å². The molecule has 0 saturated heterocycles. The van der Waals surface area contributed by atoms with E-state index >= 15 is 0 Å². The Balaban J connectivity index is 2.40. The molecule has 2 aromatic carbocycles. The molecule has 0 aliphatic heterocycles. The van der Waals surface area contributed by atoms with E-state index in [-0.39, 0.29) is 21.5 Å². The van der Waals surface area contributed by atoms with Crippen LogP contribution in [0.25, 0.3) is 0 Å². The summed E-state index contributed by atoms with van der Waals surface area (Å²) in [5.74, 6) is -1.38. The maximum atomic E-state index is 12.6. The fourth-order valence-corrected chi connectivity index (χ4v) is 2.18. The summed E-state index contributed by atoms with van der Waals surface area (Å²) in [5.41, 5.74) is -1.03. The summed E-state index contributed by atoms with van der Waals surface area (Å²) in [6.45, 7) is 0. The minimum atomic E-state index is -4.49. The van der Waals surface area contributed by atoms with E-state index in [1.54, 1.807) is 0 Å². The topological polar surface area (TPSA) is 46.5 Å². The molecule has 2 aromatic rings. The second-order valence-corrected chi connectivity index (χ2v) is 4.90. The van der Waals surface area contributed by atoms with Gasteiger partial charge in [0.2, 0.25) is 0 Å². The lowest BCUT2D eigenvalue weighted by molar-refractivity contribution is -0.137. The molecule has 21 heavy (non-hydrogen) atoms. The molecule has 3 nitrogen and oxygen atoms in total. The highest BCUT2D eigenvalue weighted by molar-refractivity contribution is 9.10. The molecular formula is C14H8BrF3O3. The van der Waals surface area contributed by atoms with Gasteiger partial charge >= 0.3 is 12.1 Å². The van der Waals surface area contributed by atoms with E-state index in [9.17, 15) is 18.0 Å². The zero-order valence-corrected chi connectivity index (χ0v) is 11.9. The number of benzene rings is 2. The average molecular weight is 361 g/mol. The van der Waals surface area contributed by atoms with E-state index in [1.807, 2.05) is 0 Å². The average Bonchev–Trinajstić information content (AvgIpc) is 2.37. The number of carboxylic acids is 1. The van der Waals surface area contributed by atoms with E-state index < -0.39 is 17.7 Å². The summed E-state index contributed by atoms with van der Waals surface area (Å²) in [5, 5.41) is 9.12. The molecule has 0 atom stereocenters. The molecule has 0 aromatic heterocycles. The van der Waals surface area contributed by atoms with Crippen molar-refractivity contribution >= 4 is 21.9 Å². The Morgan fingerprint density at radius 1 is 1.14 bits per heavy atom. The van der Waals surface area contributed by atoms with Crippen LogP contribution < -0.4 is 4.74 Å². The van der Waals surface area contributed by atoms with Crippen molar-refractivity contribution in [3.8, 4) is 11.5 Å². The Bertz CT molecular complexity index is 683. The molecule has 0 spiro atoms. The molecule has 0 heterocycles. The fourth-order valence-electron chi connectivity index (χ4n) is 1.66. The molecular weight excluding hydrogens is 353 g/mol. The van der Waals surface area contributed by atoms with E-state index in [1.165, 1.54) is 30.3 Å². The summed E-state index contributed by atoms with van der Waals surface area (Å²) in [7, 11) is 0. The van der Waals surface area contributed by atoms with E-state index in [2.05, 4.69) is 15.9 Å². The van der Waals surface area contributed by atoms with Gasteiger partial charge in [-0.1, -0.05) is 12.1 Å². The summed E-state index contributed by atoms with van der Waals surface area (Å²) >= 11 is 3.07. The second-order valence-electron chi connectivity index (χ2n) is 4.05. The lowest BCUT2D eigenvalue weighted by Crippen LogP contribution is -2.05. The van der Waals surface area contributed by atoms with Gasteiger partial charge in [-0.15, -0.1) is 0 Å². The van der Waals surface area contributed by atoms with E-state index in [0.717, 1.165) is 12.1 Å². The van der Waals surface area contributed by atoms with Crippen molar-refractivity contribution in [2.24, 2.45) is 0 Å². The number of carbonyl (C=O) groups is 1. The van der Waals surface area contributed by atoms with Crippen LogP contribution in [0.1, 0.15) is 15.9 Å². The molecule has 110 valence electrons. The summed E-state index contributed by atoms with van der Waals surface area (Å²) in [4.78, 5) is 11.2. The van der Waals surface area contributed by atoms with Gasteiger partial charge in [0, 0.05) is 4.47 Å². The molecule has 0 unspecified atom stereocenters. The molecule has 0 aliphatic carbocycles. The van der Waals surface area contributed by atoms with Crippen molar-refractivity contribution in [1.29, 1.82) is 0 Å². The first-order valence-electron chi connectivity index (χ1n) is 5.66. The zero-order valence-electron chi connectivity index (χ0n) is 10.3. The van der Waals surface area contributed by atoms with Gasteiger partial charge in [0.1, 0.15) is 17.1 Å². The van der Waals surface area contributed by atoms with E-state index in [4.69, 9.17) is 9.84 Å². The number of aromatic carboxylic acids is 1. The van der Waals surface area contributed by atoms with Crippen molar-refractivity contribution < 1.29 is 27.8 Å². The predicted octanol–water partition coefficient (Wildman–Crippen LogP) is 4.96. The molecule has 2 rings (SSSR count). The van der Waals surface area contributed by atoms with E-state index in [0.29, 0.717) is 0 Å². The van der Waals surface area contributed by atoms with Gasteiger partial charge < -0.3 is 9.84 Å². The Hall–Kier alpha value is -2.02. The summed E-state index contributed by atoms with van der Waals surface area (Å²) in [6.07, 6.45) is -4.49. The van der Waals surface area contributed by atoms with Gasteiger partial charge in [-0.05, 0) is 46.3 Å². The predicted molar refractivity (Wildman–Crippen MR) is 72.6 cm³/mol. The molecule has 0 bridgehead atoms. The molecule has 0 aliphatic rings. The third-order valence-electron chi connectivity index (χ3n) is 2.58. The SMILES string of the molecule is O=C(O)c1c(Br)cccc1Oc1cccc(C(F)(F)F)c1. The van der Waals surface area contributed by atoms with Crippen LogP contribution in [-0.2, 0) is 6.18 Å². The lowest BCUT2D eigenvalue weighted by atomic mass is 10.2. The molecule has 0 radical (unpaired) electrons. The minimum Gasteiger partial charge on any atom is -0.478 e. The van der Waals surface area contributed by atoms with Crippen LogP contribution in [0.3, 0.4) is 0 Å². The van der Waals surface area contributed by atoms with Crippen LogP contribution in [-0.4, -0.2) is 11.1 Å². The monoisotopic (exact) mass is 360 g/mol. The number of ether oxygens (including phenoxy) is 1. The minimum absolute atomic E-state index is 0.0452. The van der Waals surface area contributed by atoms with Crippen LogP contribution in [0.15, 0.2) is 46.9 Å². The number of carboxylic acid groups (broad SMARTS) is 1.